The lowest BCUT2D eigenvalue weighted by atomic mass is 9.43. The zero-order chi connectivity index (χ0) is 22.6. The standard InChI is InChI=1S/C27H44N2O2/c1-16-19-8-9-22-24(4)12-10-20(17(2)29(7)18(3)30)25(24,5)14-23(31)27(22)15-26(19,27)13-11-21(16)28-6/h8-9,16-17,19-23,28,31H,10-15H2,1-7H3/t16-,17+,19+,20-,21-,22+,23+,24+,25-,26+,27-/m1/s1. The highest BCUT2D eigenvalue weighted by Crippen LogP contribution is 2.86. The SMILES string of the molecule is CN[C@@H]1CC[C@@]23C[C@]24[C@@H](C=C[C@H]3[C@H]1C)[C@]1(C)CC[C@H]([C@H](C)N(C)C(C)=O)[C@@]1(C)C[C@@H]4O. The molecule has 11 atom stereocenters. The van der Waals surface area contributed by atoms with E-state index in [0.29, 0.717) is 35.1 Å². The maximum Gasteiger partial charge on any atom is 0.219 e. The molecule has 0 heterocycles. The van der Waals surface area contributed by atoms with E-state index >= 15 is 0 Å². The van der Waals surface area contributed by atoms with Crippen molar-refractivity contribution in [3.05, 3.63) is 12.2 Å². The maximum atomic E-state index is 12.1. The van der Waals surface area contributed by atoms with Crippen molar-refractivity contribution in [2.75, 3.05) is 14.1 Å². The van der Waals surface area contributed by atoms with Crippen LogP contribution in [-0.2, 0) is 4.79 Å². The Morgan fingerprint density at radius 1 is 1.19 bits per heavy atom. The summed E-state index contributed by atoms with van der Waals surface area (Å²) >= 11 is 0. The number of hydrogen-bond acceptors (Lipinski definition) is 3. The molecule has 2 spiro atoms. The second kappa shape index (κ2) is 6.59. The molecule has 0 unspecified atom stereocenters. The van der Waals surface area contributed by atoms with Crippen molar-refractivity contribution >= 4 is 5.91 Å². The summed E-state index contributed by atoms with van der Waals surface area (Å²) < 4.78 is 0. The molecule has 5 rings (SSSR count). The van der Waals surface area contributed by atoms with Gasteiger partial charge in [0.1, 0.15) is 0 Å². The zero-order valence-electron chi connectivity index (χ0n) is 20.7. The van der Waals surface area contributed by atoms with Gasteiger partial charge in [-0.25, -0.2) is 0 Å². The summed E-state index contributed by atoms with van der Waals surface area (Å²) in [5.74, 6) is 2.28. The molecule has 2 N–H and O–H groups in total. The second-order valence-corrected chi connectivity index (χ2v) is 12.6. The fraction of sp³-hybridized carbons (Fsp3) is 0.889. The van der Waals surface area contributed by atoms with E-state index in [1.54, 1.807) is 6.92 Å². The minimum Gasteiger partial charge on any atom is -0.392 e. The molecule has 0 aromatic carbocycles. The fourth-order valence-corrected chi connectivity index (χ4v) is 10.1. The first kappa shape index (κ1) is 21.9. The lowest BCUT2D eigenvalue weighted by Gasteiger charge is -2.62. The summed E-state index contributed by atoms with van der Waals surface area (Å²) in [6.45, 7) is 11.3. The number of allylic oxidation sites excluding steroid dienone is 2. The molecule has 5 aliphatic rings. The fourth-order valence-electron chi connectivity index (χ4n) is 10.1. The number of carbonyl (C=O) groups is 1. The van der Waals surface area contributed by atoms with Crippen LogP contribution in [0.1, 0.15) is 73.1 Å². The molecule has 0 bridgehead atoms. The zero-order valence-corrected chi connectivity index (χ0v) is 20.7. The number of amides is 1. The predicted molar refractivity (Wildman–Crippen MR) is 124 cm³/mol. The molecule has 0 saturated heterocycles. The van der Waals surface area contributed by atoms with Gasteiger partial charge in [0, 0.05) is 31.5 Å². The van der Waals surface area contributed by atoms with Crippen LogP contribution in [0.2, 0.25) is 0 Å². The Labute approximate surface area is 189 Å². The van der Waals surface area contributed by atoms with Crippen LogP contribution in [-0.4, -0.2) is 48.2 Å². The Bertz CT molecular complexity index is 811. The number of aliphatic hydroxyl groups excluding tert-OH is 1. The molecule has 1 amide bonds. The Balaban J connectivity index is 1.53. The highest BCUT2D eigenvalue weighted by molar-refractivity contribution is 5.73. The third-order valence-electron chi connectivity index (χ3n) is 12.3. The van der Waals surface area contributed by atoms with Crippen molar-refractivity contribution in [1.82, 2.24) is 10.2 Å². The van der Waals surface area contributed by atoms with Gasteiger partial charge < -0.3 is 15.3 Å². The van der Waals surface area contributed by atoms with E-state index in [1.807, 2.05) is 11.9 Å². The Morgan fingerprint density at radius 3 is 2.55 bits per heavy atom. The van der Waals surface area contributed by atoms with E-state index < -0.39 is 0 Å². The average Bonchev–Trinajstić information content (AvgIpc) is 3.33. The summed E-state index contributed by atoms with van der Waals surface area (Å²) in [6.07, 6.45) is 11.9. The molecule has 31 heavy (non-hydrogen) atoms. The smallest absolute Gasteiger partial charge is 0.219 e. The minimum absolute atomic E-state index is 0.0558. The van der Waals surface area contributed by atoms with Crippen molar-refractivity contribution in [2.24, 2.45) is 45.3 Å². The lowest BCUT2D eigenvalue weighted by Crippen LogP contribution is -2.61. The van der Waals surface area contributed by atoms with Gasteiger partial charge in [-0.15, -0.1) is 0 Å². The number of nitrogens with one attached hydrogen (secondary N) is 1. The number of aliphatic hydroxyl groups is 1. The van der Waals surface area contributed by atoms with Crippen LogP contribution in [0.4, 0.5) is 0 Å². The molecular weight excluding hydrogens is 384 g/mol. The number of nitrogens with zero attached hydrogens (tertiary/aromatic N) is 1. The van der Waals surface area contributed by atoms with Crippen LogP contribution in [0, 0.1) is 45.3 Å². The predicted octanol–water partition coefficient (Wildman–Crippen LogP) is 4.24. The first-order valence-corrected chi connectivity index (χ1v) is 12.8. The molecule has 4 heteroatoms. The summed E-state index contributed by atoms with van der Waals surface area (Å²) in [6, 6.07) is 0.806. The van der Waals surface area contributed by atoms with Crippen LogP contribution in [0.25, 0.3) is 0 Å². The van der Waals surface area contributed by atoms with Gasteiger partial charge in [0.2, 0.25) is 5.91 Å². The second-order valence-electron chi connectivity index (χ2n) is 12.6. The van der Waals surface area contributed by atoms with Crippen molar-refractivity contribution < 1.29 is 9.90 Å². The molecule has 5 aliphatic carbocycles. The molecule has 0 radical (unpaired) electrons. The van der Waals surface area contributed by atoms with E-state index in [0.717, 1.165) is 12.8 Å². The van der Waals surface area contributed by atoms with Crippen LogP contribution in [0.5, 0.6) is 0 Å². The van der Waals surface area contributed by atoms with Gasteiger partial charge in [0.05, 0.1) is 6.10 Å². The minimum atomic E-state index is -0.225. The third kappa shape index (κ3) is 2.37. The Morgan fingerprint density at radius 2 is 1.90 bits per heavy atom. The number of fused-ring (bicyclic) bond motifs is 2. The Kier molecular flexibility index (Phi) is 4.67. The molecule has 174 valence electrons. The van der Waals surface area contributed by atoms with Gasteiger partial charge in [-0.2, -0.15) is 0 Å². The molecule has 0 aromatic heterocycles. The van der Waals surface area contributed by atoms with Crippen molar-refractivity contribution in [3.63, 3.8) is 0 Å². The topological polar surface area (TPSA) is 52.6 Å². The van der Waals surface area contributed by atoms with Crippen molar-refractivity contribution in [2.45, 2.75) is 91.3 Å². The molecule has 4 nitrogen and oxygen atoms in total. The van der Waals surface area contributed by atoms with Gasteiger partial charge in [0.25, 0.3) is 0 Å². The number of rotatable bonds is 3. The summed E-state index contributed by atoms with van der Waals surface area (Å²) in [5.41, 5.74) is 0.637. The van der Waals surface area contributed by atoms with Gasteiger partial charge in [0.15, 0.2) is 0 Å². The maximum absolute atomic E-state index is 12.1. The Hall–Kier alpha value is -0.870. The van der Waals surface area contributed by atoms with E-state index in [9.17, 15) is 9.90 Å². The summed E-state index contributed by atoms with van der Waals surface area (Å²) in [7, 11) is 4.06. The van der Waals surface area contributed by atoms with Gasteiger partial charge in [-0.1, -0.05) is 32.9 Å². The van der Waals surface area contributed by atoms with Gasteiger partial charge in [-0.05, 0) is 92.4 Å². The van der Waals surface area contributed by atoms with E-state index in [-0.39, 0.29) is 34.3 Å². The summed E-state index contributed by atoms with van der Waals surface area (Å²) in [4.78, 5) is 14.1. The molecular formula is C27H44N2O2. The first-order chi connectivity index (χ1) is 14.5. The third-order valence-corrected chi connectivity index (χ3v) is 12.3. The monoisotopic (exact) mass is 428 g/mol. The van der Waals surface area contributed by atoms with Crippen LogP contribution in [0.15, 0.2) is 12.2 Å². The first-order valence-electron chi connectivity index (χ1n) is 12.8. The van der Waals surface area contributed by atoms with Gasteiger partial charge >= 0.3 is 0 Å². The quantitative estimate of drug-likeness (QED) is 0.661. The van der Waals surface area contributed by atoms with E-state index in [2.05, 4.69) is 52.2 Å². The number of hydrogen-bond donors (Lipinski definition) is 2. The molecule has 4 fully saturated rings. The van der Waals surface area contributed by atoms with Crippen molar-refractivity contribution in [3.8, 4) is 0 Å². The number of carbonyl (C=O) groups excluding carboxylic acids is 1. The van der Waals surface area contributed by atoms with Crippen molar-refractivity contribution in [1.29, 1.82) is 0 Å². The largest absolute Gasteiger partial charge is 0.392 e. The van der Waals surface area contributed by atoms with Crippen LogP contribution >= 0.6 is 0 Å². The van der Waals surface area contributed by atoms with Gasteiger partial charge in [-0.3, -0.25) is 4.79 Å². The highest BCUT2D eigenvalue weighted by Gasteiger charge is 2.83. The lowest BCUT2D eigenvalue weighted by molar-refractivity contribution is -0.159. The summed E-state index contributed by atoms with van der Waals surface area (Å²) in [5, 5.41) is 15.5. The van der Waals surface area contributed by atoms with E-state index in [1.165, 1.54) is 25.7 Å². The van der Waals surface area contributed by atoms with E-state index in [4.69, 9.17) is 0 Å². The van der Waals surface area contributed by atoms with Crippen LogP contribution in [0.3, 0.4) is 0 Å². The normalized spacial score (nSPS) is 55.5. The molecule has 4 saturated carbocycles. The molecule has 0 aliphatic heterocycles. The van der Waals surface area contributed by atoms with Crippen LogP contribution < -0.4 is 5.32 Å². The molecule has 0 aromatic rings. The highest BCUT2D eigenvalue weighted by atomic mass is 16.3. The average molecular weight is 429 g/mol.